The molecule has 3 saturated heterocycles. The van der Waals surface area contributed by atoms with Gasteiger partial charge < -0.3 is 40.5 Å². The van der Waals surface area contributed by atoms with E-state index >= 15 is 0 Å². The summed E-state index contributed by atoms with van der Waals surface area (Å²) in [7, 11) is 0. The second-order valence-electron chi connectivity index (χ2n) is 10.5. The van der Waals surface area contributed by atoms with Gasteiger partial charge in [-0.3, -0.25) is 9.59 Å². The van der Waals surface area contributed by atoms with Crippen molar-refractivity contribution < 1.29 is 39.5 Å². The minimum Gasteiger partial charge on any atom is -0.483 e. The first-order valence-electron chi connectivity index (χ1n) is 13.0. The molecular weight excluding hydrogens is 488 g/mol. The highest BCUT2D eigenvalue weighted by atomic mass is 32.2. The quantitative estimate of drug-likeness (QED) is 0.223. The van der Waals surface area contributed by atoms with E-state index in [0.717, 1.165) is 25.8 Å². The summed E-state index contributed by atoms with van der Waals surface area (Å²) in [5.74, 6) is 2.09. The Morgan fingerprint density at radius 1 is 1.17 bits per heavy atom. The Kier molecular flexibility index (Phi) is 11.5. The Bertz CT molecular complexity index is 741. The third kappa shape index (κ3) is 7.43. The van der Waals surface area contributed by atoms with Gasteiger partial charge in [0.05, 0.1) is 12.1 Å². The summed E-state index contributed by atoms with van der Waals surface area (Å²) < 4.78 is 12.2. The van der Waals surface area contributed by atoms with Crippen LogP contribution in [0.2, 0.25) is 0 Å². The lowest BCUT2D eigenvalue weighted by Crippen LogP contribution is -2.64. The topological polar surface area (TPSA) is 158 Å². The molecule has 4 aliphatic heterocycles. The summed E-state index contributed by atoms with van der Waals surface area (Å²) in [5.41, 5.74) is -0.660. The summed E-state index contributed by atoms with van der Waals surface area (Å²) in [6.45, 7) is 5.69. The van der Waals surface area contributed by atoms with Crippen molar-refractivity contribution in [1.29, 1.82) is 0 Å². The molecule has 2 bridgehead atoms. The fourth-order valence-corrected chi connectivity index (χ4v) is 6.82. The maximum absolute atomic E-state index is 13.4. The minimum atomic E-state index is -1.32. The Morgan fingerprint density at radius 2 is 1.92 bits per heavy atom. The molecule has 0 aromatic rings. The van der Waals surface area contributed by atoms with E-state index in [-0.39, 0.29) is 18.5 Å². The molecule has 10 atom stereocenters. The molecule has 10 nitrogen and oxygen atoms in total. The minimum absolute atomic E-state index is 0.156. The molecule has 1 amide bonds. The van der Waals surface area contributed by atoms with E-state index in [0.29, 0.717) is 36.5 Å². The van der Waals surface area contributed by atoms with Gasteiger partial charge in [-0.15, -0.1) is 11.8 Å². The second kappa shape index (κ2) is 14.1. The molecule has 0 saturated carbocycles. The number of ether oxygens (including phenoxy) is 2. The Balaban J connectivity index is 0.00000115. The number of amides is 1. The van der Waals surface area contributed by atoms with Crippen LogP contribution in [0.3, 0.4) is 0 Å². The standard InChI is InChI=1S/C24H40N2O6S.CH2O2/c1-13(2)10-14-7-8-31-21-15(11-14)12-25-17(21)23(30)26-16-6-4-3-5-9-33-24-20(29)18(27)19(28)22(16)32-24;2-1-3/h3,5,13-22,24-25,27-29H,4,6-12H2,1-2H3,(H,26,30);1H,(H,2,3)/b5-3+;/t14-,15-,16+,17-,18-,19+,20+,21+,22+,24+;/m0./s1. The van der Waals surface area contributed by atoms with Gasteiger partial charge in [-0.2, -0.15) is 0 Å². The van der Waals surface area contributed by atoms with Crippen LogP contribution in [0.15, 0.2) is 12.2 Å². The zero-order valence-corrected chi connectivity index (χ0v) is 21.9. The highest BCUT2D eigenvalue weighted by molar-refractivity contribution is 7.99. The molecule has 4 rings (SSSR count). The molecule has 0 aromatic heterocycles. The van der Waals surface area contributed by atoms with Crippen molar-refractivity contribution in [2.24, 2.45) is 17.8 Å². The maximum Gasteiger partial charge on any atom is 0.290 e. The molecule has 0 aliphatic carbocycles. The van der Waals surface area contributed by atoms with Gasteiger partial charge in [-0.25, -0.2) is 0 Å². The van der Waals surface area contributed by atoms with E-state index in [1.165, 1.54) is 18.2 Å². The van der Waals surface area contributed by atoms with Crippen LogP contribution in [-0.2, 0) is 19.1 Å². The first-order valence-corrected chi connectivity index (χ1v) is 14.0. The normalized spacial score (nSPS) is 41.7. The lowest BCUT2D eigenvalue weighted by molar-refractivity contribution is -0.205. The molecule has 3 fully saturated rings. The number of carboxylic acid groups (broad SMARTS) is 1. The maximum atomic E-state index is 13.4. The van der Waals surface area contributed by atoms with E-state index in [9.17, 15) is 20.1 Å². The first-order chi connectivity index (χ1) is 17.3. The third-order valence-corrected chi connectivity index (χ3v) is 8.55. The van der Waals surface area contributed by atoms with Crippen LogP contribution >= 0.6 is 11.8 Å². The van der Waals surface area contributed by atoms with Gasteiger partial charge in [-0.05, 0) is 49.9 Å². The molecule has 4 aliphatic rings. The van der Waals surface area contributed by atoms with Crippen molar-refractivity contribution in [3.63, 3.8) is 0 Å². The average Bonchev–Trinajstić information content (AvgIpc) is 3.12. The summed E-state index contributed by atoms with van der Waals surface area (Å²) in [6, 6.07) is -0.930. The second-order valence-corrected chi connectivity index (χ2v) is 11.7. The fourth-order valence-electron chi connectivity index (χ4n) is 5.82. The lowest BCUT2D eigenvalue weighted by atomic mass is 9.85. The SMILES string of the molecule is CC(C)C[C@@H]1CCO[C@@H]2[C@H](CN[C@@H]2C(=O)N[C@@H]2CC/C=C/CS[C@H]3O[C@H]2[C@H](O)[C@H](O)[C@H]3O)C1.O=CO. The van der Waals surface area contributed by atoms with Gasteiger partial charge in [0.25, 0.3) is 6.47 Å². The highest BCUT2D eigenvalue weighted by Gasteiger charge is 2.48. The van der Waals surface area contributed by atoms with Crippen molar-refractivity contribution in [3.05, 3.63) is 12.2 Å². The highest BCUT2D eigenvalue weighted by Crippen LogP contribution is 2.35. The van der Waals surface area contributed by atoms with Gasteiger partial charge in [0.1, 0.15) is 35.9 Å². The molecular formula is C25H42N2O8S. The van der Waals surface area contributed by atoms with Gasteiger partial charge in [-0.1, -0.05) is 26.0 Å². The van der Waals surface area contributed by atoms with Crippen LogP contribution in [0.4, 0.5) is 0 Å². The monoisotopic (exact) mass is 530 g/mol. The zero-order chi connectivity index (χ0) is 26.2. The van der Waals surface area contributed by atoms with Crippen LogP contribution < -0.4 is 10.6 Å². The van der Waals surface area contributed by atoms with Crippen molar-refractivity contribution >= 4 is 24.1 Å². The Hall–Kier alpha value is -1.21. The number of carbonyl (C=O) groups excluding carboxylic acids is 1. The molecule has 6 N–H and O–H groups in total. The summed E-state index contributed by atoms with van der Waals surface area (Å²) in [6.07, 6.45) is 3.92. The number of carbonyl (C=O) groups is 2. The number of nitrogens with one attached hydrogen (secondary N) is 2. The van der Waals surface area contributed by atoms with Crippen LogP contribution in [0.25, 0.3) is 0 Å². The number of aliphatic hydroxyl groups excluding tert-OH is 3. The smallest absolute Gasteiger partial charge is 0.290 e. The summed E-state index contributed by atoms with van der Waals surface area (Å²) >= 11 is 1.38. The Labute approximate surface area is 217 Å². The van der Waals surface area contributed by atoms with E-state index in [4.69, 9.17) is 19.4 Å². The summed E-state index contributed by atoms with van der Waals surface area (Å²) in [5, 5.41) is 44.7. The molecule has 11 heteroatoms. The van der Waals surface area contributed by atoms with Crippen LogP contribution in [0, 0.1) is 17.8 Å². The van der Waals surface area contributed by atoms with E-state index in [2.05, 4.69) is 30.6 Å². The van der Waals surface area contributed by atoms with Gasteiger partial charge in [0, 0.05) is 18.9 Å². The van der Waals surface area contributed by atoms with Crippen molar-refractivity contribution in [1.82, 2.24) is 10.6 Å². The first kappa shape index (κ1) is 29.3. The van der Waals surface area contributed by atoms with Crippen molar-refractivity contribution in [2.45, 2.75) is 94.0 Å². The fraction of sp³-hybridized carbons (Fsp3) is 0.840. The Morgan fingerprint density at radius 3 is 2.64 bits per heavy atom. The van der Waals surface area contributed by atoms with Crippen molar-refractivity contribution in [2.75, 3.05) is 18.9 Å². The molecule has 0 unspecified atom stereocenters. The number of fused-ring (bicyclic) bond motifs is 3. The molecule has 4 heterocycles. The number of aliphatic hydroxyl groups is 3. The zero-order valence-electron chi connectivity index (χ0n) is 21.1. The van der Waals surface area contributed by atoms with Crippen molar-refractivity contribution in [3.8, 4) is 0 Å². The molecule has 36 heavy (non-hydrogen) atoms. The van der Waals surface area contributed by atoms with Crippen LogP contribution in [0.1, 0.15) is 46.0 Å². The third-order valence-electron chi connectivity index (χ3n) is 7.45. The molecule has 0 aromatic carbocycles. The number of hydrogen-bond acceptors (Lipinski definition) is 9. The summed E-state index contributed by atoms with van der Waals surface area (Å²) in [4.78, 5) is 21.7. The van der Waals surface area contributed by atoms with Gasteiger partial charge in [0.15, 0.2) is 0 Å². The number of hydrogen-bond donors (Lipinski definition) is 6. The van der Waals surface area contributed by atoms with E-state index < -0.39 is 41.9 Å². The predicted molar refractivity (Wildman–Crippen MR) is 135 cm³/mol. The van der Waals surface area contributed by atoms with Gasteiger partial charge in [0.2, 0.25) is 5.91 Å². The molecule has 206 valence electrons. The average molecular weight is 531 g/mol. The number of thioether (sulfide) groups is 1. The predicted octanol–water partition coefficient (Wildman–Crippen LogP) is 0.492. The van der Waals surface area contributed by atoms with E-state index in [1.807, 2.05) is 6.08 Å². The van der Waals surface area contributed by atoms with Gasteiger partial charge >= 0.3 is 0 Å². The lowest BCUT2D eigenvalue weighted by Gasteiger charge is -2.44. The largest absolute Gasteiger partial charge is 0.483 e. The molecule has 0 radical (unpaired) electrons. The number of rotatable bonds is 4. The van der Waals surface area contributed by atoms with Crippen LogP contribution in [-0.4, -0.2) is 99.7 Å². The molecule has 0 spiro atoms. The number of allylic oxidation sites excluding steroid dienone is 1. The van der Waals surface area contributed by atoms with Crippen LogP contribution in [0.5, 0.6) is 0 Å². The van der Waals surface area contributed by atoms with E-state index in [1.54, 1.807) is 0 Å².